The van der Waals surface area contributed by atoms with Gasteiger partial charge in [0.25, 0.3) is 0 Å². The maximum Gasteiger partial charge on any atom is 0.219 e. The lowest BCUT2D eigenvalue weighted by molar-refractivity contribution is -0.118. The molecule has 90 valence electrons. The molecule has 1 heterocycles. The number of carbonyl (C=O) groups excluding carboxylic acids is 1. The second-order valence-corrected chi connectivity index (χ2v) is 5.17. The van der Waals surface area contributed by atoms with E-state index >= 15 is 0 Å². The van der Waals surface area contributed by atoms with Crippen molar-refractivity contribution in [3.63, 3.8) is 0 Å². The van der Waals surface area contributed by atoms with E-state index in [0.29, 0.717) is 0 Å². The van der Waals surface area contributed by atoms with Crippen LogP contribution in [0.4, 0.5) is 5.13 Å². The summed E-state index contributed by atoms with van der Waals surface area (Å²) < 4.78 is 4.22. The van der Waals surface area contributed by atoms with Crippen molar-refractivity contribution in [2.45, 2.75) is 45.6 Å². The monoisotopic (exact) mass is 242 g/mol. The van der Waals surface area contributed by atoms with Gasteiger partial charge in [-0.15, -0.1) is 0 Å². The molecule has 1 aromatic heterocycles. The Morgan fingerprint density at radius 2 is 2.25 bits per heavy atom. The molecule has 0 spiro atoms. The van der Waals surface area contributed by atoms with Crippen LogP contribution in [0.15, 0.2) is 0 Å². The summed E-state index contributed by atoms with van der Waals surface area (Å²) in [4.78, 5) is 15.2. The van der Waals surface area contributed by atoms with Crippen molar-refractivity contribution in [2.75, 3.05) is 5.32 Å². The fraction of sp³-hybridized carbons (Fsp3) is 0.700. The number of nitrogens with one attached hydrogen (secondary N) is 1. The first kappa shape index (κ1) is 12.9. The Morgan fingerprint density at radius 1 is 1.56 bits per heavy atom. The van der Waals surface area contributed by atoms with Crippen LogP contribution in [0.5, 0.6) is 0 Å². The number of hydrogen-bond acceptors (Lipinski definition) is 5. The molecule has 3 N–H and O–H groups in total. The maximum atomic E-state index is 10.9. The molecular weight excluding hydrogens is 224 g/mol. The molecule has 1 aromatic rings. The zero-order chi connectivity index (χ0) is 12.2. The minimum atomic E-state index is -0.380. The molecule has 1 rings (SSSR count). The summed E-state index contributed by atoms with van der Waals surface area (Å²) in [6, 6.07) is 0. The van der Waals surface area contributed by atoms with E-state index in [1.165, 1.54) is 11.5 Å². The van der Waals surface area contributed by atoms with Gasteiger partial charge in [-0.2, -0.15) is 4.37 Å². The molecule has 0 radical (unpaired) electrons. The number of carbonyl (C=O) groups is 1. The van der Waals surface area contributed by atoms with Gasteiger partial charge in [0.1, 0.15) is 5.82 Å². The first-order chi connectivity index (χ1) is 7.43. The Kier molecular flexibility index (Phi) is 4.23. The van der Waals surface area contributed by atoms with Crippen molar-refractivity contribution < 1.29 is 4.79 Å². The minimum Gasteiger partial charge on any atom is -0.370 e. The van der Waals surface area contributed by atoms with Gasteiger partial charge < -0.3 is 11.1 Å². The van der Waals surface area contributed by atoms with Crippen molar-refractivity contribution >= 4 is 22.6 Å². The Labute approximate surface area is 99.6 Å². The molecule has 0 aliphatic heterocycles. The lowest BCUT2D eigenvalue weighted by Crippen LogP contribution is -2.35. The molecule has 0 aliphatic carbocycles. The van der Waals surface area contributed by atoms with E-state index < -0.39 is 0 Å². The van der Waals surface area contributed by atoms with Gasteiger partial charge in [0.05, 0.1) is 0 Å². The normalized spacial score (nSPS) is 11.4. The summed E-state index contributed by atoms with van der Waals surface area (Å²) >= 11 is 1.32. The third kappa shape index (κ3) is 4.14. The van der Waals surface area contributed by atoms with Crippen LogP contribution in [-0.2, 0) is 11.2 Å². The number of anilines is 1. The molecule has 1 amide bonds. The fourth-order valence-corrected chi connectivity index (χ4v) is 2.19. The van der Waals surface area contributed by atoms with Gasteiger partial charge in [-0.1, -0.05) is 6.92 Å². The van der Waals surface area contributed by atoms with Crippen LogP contribution in [0.3, 0.4) is 0 Å². The SMILES string of the molecule is CCCc1nsc(NC(C)(C)CC(N)=O)n1. The van der Waals surface area contributed by atoms with E-state index in [1.54, 1.807) is 0 Å². The van der Waals surface area contributed by atoms with Gasteiger partial charge in [0.2, 0.25) is 11.0 Å². The van der Waals surface area contributed by atoms with E-state index in [9.17, 15) is 4.79 Å². The highest BCUT2D eigenvalue weighted by atomic mass is 32.1. The number of amides is 1. The maximum absolute atomic E-state index is 10.9. The van der Waals surface area contributed by atoms with Crippen molar-refractivity contribution in [2.24, 2.45) is 5.73 Å². The van der Waals surface area contributed by atoms with E-state index in [4.69, 9.17) is 5.73 Å². The first-order valence-corrected chi connectivity index (χ1v) is 6.09. The minimum absolute atomic E-state index is 0.274. The van der Waals surface area contributed by atoms with Gasteiger partial charge in [-0.25, -0.2) is 4.98 Å². The number of hydrogen-bond donors (Lipinski definition) is 2. The Hall–Kier alpha value is -1.17. The highest BCUT2D eigenvalue weighted by Crippen LogP contribution is 2.20. The largest absolute Gasteiger partial charge is 0.370 e. The Balaban J connectivity index is 2.61. The van der Waals surface area contributed by atoms with Crippen molar-refractivity contribution in [1.82, 2.24) is 9.36 Å². The van der Waals surface area contributed by atoms with Crippen LogP contribution < -0.4 is 11.1 Å². The average Bonchev–Trinajstić information content (AvgIpc) is 2.49. The summed E-state index contributed by atoms with van der Waals surface area (Å²) in [6.07, 6.45) is 2.19. The number of aryl methyl sites for hydroxylation is 1. The van der Waals surface area contributed by atoms with E-state index in [2.05, 4.69) is 21.6 Å². The Morgan fingerprint density at radius 3 is 2.81 bits per heavy atom. The van der Waals surface area contributed by atoms with Crippen LogP contribution in [0.25, 0.3) is 0 Å². The lowest BCUT2D eigenvalue weighted by Gasteiger charge is -2.23. The quantitative estimate of drug-likeness (QED) is 0.793. The van der Waals surface area contributed by atoms with Crippen LogP contribution >= 0.6 is 11.5 Å². The van der Waals surface area contributed by atoms with Crippen LogP contribution in [0.2, 0.25) is 0 Å². The summed E-state index contributed by atoms with van der Waals surface area (Å²) in [7, 11) is 0. The topological polar surface area (TPSA) is 80.9 Å². The Bertz CT molecular complexity index is 361. The van der Waals surface area contributed by atoms with Crippen molar-refractivity contribution in [3.05, 3.63) is 5.82 Å². The lowest BCUT2D eigenvalue weighted by atomic mass is 10.0. The molecule has 0 fully saturated rings. The van der Waals surface area contributed by atoms with Crippen LogP contribution in [0.1, 0.15) is 39.4 Å². The highest BCUT2D eigenvalue weighted by molar-refractivity contribution is 7.09. The van der Waals surface area contributed by atoms with Gasteiger partial charge in [-0.3, -0.25) is 4.79 Å². The third-order valence-corrected chi connectivity index (χ3v) is 2.67. The van der Waals surface area contributed by atoms with Gasteiger partial charge in [0, 0.05) is 29.9 Å². The molecule has 0 unspecified atom stereocenters. The number of primary amides is 1. The number of rotatable bonds is 6. The first-order valence-electron chi connectivity index (χ1n) is 5.32. The molecule has 16 heavy (non-hydrogen) atoms. The van der Waals surface area contributed by atoms with Crippen molar-refractivity contribution in [1.29, 1.82) is 0 Å². The summed E-state index contributed by atoms with van der Waals surface area (Å²) in [5, 5.41) is 3.92. The molecule has 0 atom stereocenters. The molecule has 6 heteroatoms. The molecule has 0 bridgehead atoms. The highest BCUT2D eigenvalue weighted by Gasteiger charge is 2.21. The summed E-state index contributed by atoms with van der Waals surface area (Å²) in [5.74, 6) is 0.528. The predicted molar refractivity (Wildman–Crippen MR) is 65.4 cm³/mol. The molecule has 0 aromatic carbocycles. The predicted octanol–water partition coefficient (Wildman–Crippen LogP) is 1.56. The zero-order valence-corrected chi connectivity index (χ0v) is 10.7. The summed E-state index contributed by atoms with van der Waals surface area (Å²) in [5.41, 5.74) is 4.79. The molecule has 5 nitrogen and oxygen atoms in total. The van der Waals surface area contributed by atoms with E-state index in [1.807, 2.05) is 13.8 Å². The molecule has 0 aliphatic rings. The number of nitrogens with zero attached hydrogens (tertiary/aromatic N) is 2. The third-order valence-electron chi connectivity index (χ3n) is 2.00. The van der Waals surface area contributed by atoms with Crippen LogP contribution in [0, 0.1) is 0 Å². The zero-order valence-electron chi connectivity index (χ0n) is 9.91. The van der Waals surface area contributed by atoms with Gasteiger partial charge in [0.15, 0.2) is 0 Å². The van der Waals surface area contributed by atoms with Crippen molar-refractivity contribution in [3.8, 4) is 0 Å². The fourth-order valence-electron chi connectivity index (χ4n) is 1.40. The van der Waals surface area contributed by atoms with Gasteiger partial charge >= 0.3 is 0 Å². The van der Waals surface area contributed by atoms with E-state index in [0.717, 1.165) is 23.8 Å². The second-order valence-electron chi connectivity index (χ2n) is 4.42. The smallest absolute Gasteiger partial charge is 0.219 e. The molecule has 0 saturated carbocycles. The standard InChI is InChI=1S/C10H18N4OS/c1-4-5-8-12-9(16-14-8)13-10(2,3)6-7(11)15/h4-6H2,1-3H3,(H2,11,15)(H,12,13,14). The van der Waals surface area contributed by atoms with Crippen LogP contribution in [-0.4, -0.2) is 20.8 Å². The number of aromatic nitrogens is 2. The molecule has 0 saturated heterocycles. The molecular formula is C10H18N4OS. The average molecular weight is 242 g/mol. The summed E-state index contributed by atoms with van der Waals surface area (Å²) in [6.45, 7) is 5.92. The number of nitrogens with two attached hydrogens (primary N) is 1. The van der Waals surface area contributed by atoms with Gasteiger partial charge in [-0.05, 0) is 20.3 Å². The second kappa shape index (κ2) is 5.25. The van der Waals surface area contributed by atoms with E-state index in [-0.39, 0.29) is 17.9 Å².